The molecule has 0 spiro atoms. The number of rotatable bonds is 1. The van der Waals surface area contributed by atoms with Crippen molar-refractivity contribution in [3.05, 3.63) is 59.7 Å². The summed E-state index contributed by atoms with van der Waals surface area (Å²) in [5, 5.41) is 0. The van der Waals surface area contributed by atoms with Gasteiger partial charge in [0.05, 0.1) is 0 Å². The van der Waals surface area contributed by atoms with Gasteiger partial charge in [-0.1, -0.05) is 71.4 Å². The van der Waals surface area contributed by atoms with Crippen LogP contribution < -0.4 is 18.9 Å². The molecule has 0 radical (unpaired) electrons. The summed E-state index contributed by atoms with van der Waals surface area (Å²) >= 11 is 0. The molecule has 0 aliphatic rings. The molecule has 0 saturated heterocycles. The van der Waals surface area contributed by atoms with Crippen molar-refractivity contribution in [2.24, 2.45) is 0 Å². The minimum Gasteiger partial charge on any atom is -0.179 e. The van der Waals surface area contributed by atoms with E-state index in [0.29, 0.717) is 0 Å². The Bertz CT molecular complexity index is 508. The summed E-state index contributed by atoms with van der Waals surface area (Å²) in [5.41, 5.74) is 5.49. The Hall–Kier alpha value is -0.963. The first-order valence-corrected chi connectivity index (χ1v) is 7.31. The Morgan fingerprint density at radius 1 is 0.667 bits per heavy atom. The van der Waals surface area contributed by atoms with Gasteiger partial charge in [-0.15, -0.1) is 5.56 Å². The van der Waals surface area contributed by atoms with Gasteiger partial charge in [-0.3, -0.25) is 0 Å². The van der Waals surface area contributed by atoms with E-state index in [9.17, 15) is 0 Å². The fourth-order valence-corrected chi connectivity index (χ4v) is 2.23. The molecule has 21 heavy (non-hydrogen) atoms. The van der Waals surface area contributed by atoms with Crippen molar-refractivity contribution in [2.75, 3.05) is 0 Å². The van der Waals surface area contributed by atoms with Gasteiger partial charge in [0.2, 0.25) is 0 Å². The zero-order valence-electron chi connectivity index (χ0n) is 14.5. The summed E-state index contributed by atoms with van der Waals surface area (Å²) in [5.74, 6) is 0. The zero-order chi connectivity index (χ0) is 15.0. The van der Waals surface area contributed by atoms with E-state index in [-0.39, 0.29) is 29.7 Å². The van der Waals surface area contributed by atoms with Gasteiger partial charge in [0.1, 0.15) is 0 Å². The zero-order valence-corrected chi connectivity index (χ0v) is 14.5. The Balaban J connectivity index is 0.00000220. The largest absolute Gasteiger partial charge is 1.00 e. The van der Waals surface area contributed by atoms with Crippen LogP contribution in [0.3, 0.4) is 0 Å². The van der Waals surface area contributed by atoms with E-state index in [1.54, 1.807) is 0 Å². The summed E-state index contributed by atoms with van der Waals surface area (Å²) in [6, 6.07) is 18.8. The van der Waals surface area contributed by atoms with Crippen LogP contribution in [0.25, 0.3) is 11.1 Å². The molecule has 106 valence electrons. The Morgan fingerprint density at radius 3 is 1.57 bits per heavy atom. The van der Waals surface area contributed by atoms with Gasteiger partial charge in [0.15, 0.2) is 0 Å². The second kappa shape index (κ2) is 6.43. The molecule has 0 nitrogen and oxygen atoms in total. The molecule has 0 aliphatic carbocycles. The van der Waals surface area contributed by atoms with E-state index >= 15 is 0 Å². The van der Waals surface area contributed by atoms with E-state index in [1.165, 1.54) is 22.3 Å². The van der Waals surface area contributed by atoms with E-state index in [2.05, 4.69) is 90.1 Å². The van der Waals surface area contributed by atoms with Crippen LogP contribution in [0.2, 0.25) is 0 Å². The third-order valence-electron chi connectivity index (χ3n) is 3.71. The average molecular weight is 272 g/mol. The van der Waals surface area contributed by atoms with E-state index in [0.717, 1.165) is 0 Å². The summed E-state index contributed by atoms with van der Waals surface area (Å²) in [6.07, 6.45) is 0. The van der Waals surface area contributed by atoms with Crippen molar-refractivity contribution in [3.63, 3.8) is 0 Å². The average Bonchev–Trinajstić information content (AvgIpc) is 2.37. The van der Waals surface area contributed by atoms with Gasteiger partial charge < -0.3 is 0 Å². The van der Waals surface area contributed by atoms with Crippen LogP contribution in [-0.4, -0.2) is 0 Å². The molecule has 2 aromatic carbocycles. The van der Waals surface area contributed by atoms with E-state index < -0.39 is 0 Å². The normalized spacial score (nSPS) is 11.9. The predicted octanol–water partition coefficient (Wildman–Crippen LogP) is 2.75. The quantitative estimate of drug-likeness (QED) is 0.553. The van der Waals surface area contributed by atoms with Gasteiger partial charge in [-0.2, -0.15) is 29.8 Å². The van der Waals surface area contributed by atoms with Crippen LogP contribution >= 0.6 is 0 Å². The number of hydrogen-bond donors (Lipinski definition) is 0. The van der Waals surface area contributed by atoms with Crippen molar-refractivity contribution in [3.8, 4) is 11.1 Å². The first-order chi connectivity index (χ1) is 9.18. The summed E-state index contributed by atoms with van der Waals surface area (Å²) < 4.78 is 0. The molecule has 0 fully saturated rings. The van der Waals surface area contributed by atoms with Crippen molar-refractivity contribution in [1.82, 2.24) is 0 Å². The van der Waals surface area contributed by atoms with Crippen molar-refractivity contribution in [2.45, 2.75) is 52.4 Å². The molecule has 0 bridgehead atoms. The third-order valence-corrected chi connectivity index (χ3v) is 3.71. The molecule has 0 aliphatic heterocycles. The first-order valence-electron chi connectivity index (χ1n) is 7.31. The molecular weight excluding hydrogens is 247 g/mol. The predicted molar refractivity (Wildman–Crippen MR) is 88.1 cm³/mol. The summed E-state index contributed by atoms with van der Waals surface area (Å²) in [7, 11) is 0. The molecule has 0 heterocycles. The van der Waals surface area contributed by atoms with Crippen LogP contribution in [0.1, 0.15) is 52.7 Å². The van der Waals surface area contributed by atoms with Gasteiger partial charge >= 0.3 is 18.9 Å². The molecule has 0 N–H and O–H groups in total. The molecule has 0 saturated carbocycles. The van der Waals surface area contributed by atoms with E-state index in [1.807, 2.05) is 0 Å². The van der Waals surface area contributed by atoms with Gasteiger partial charge in [-0.25, -0.2) is 0 Å². The van der Waals surface area contributed by atoms with Crippen molar-refractivity contribution >= 4 is 0 Å². The first kappa shape index (κ1) is 18.1. The van der Waals surface area contributed by atoms with Crippen LogP contribution in [0.5, 0.6) is 0 Å². The summed E-state index contributed by atoms with van der Waals surface area (Å²) in [4.78, 5) is 0. The van der Waals surface area contributed by atoms with E-state index in [4.69, 9.17) is 0 Å². The maximum Gasteiger partial charge on any atom is 1.00 e. The molecule has 2 aromatic rings. The Labute approximate surface area is 142 Å². The minimum absolute atomic E-state index is 0. The monoisotopic (exact) mass is 272 g/mol. The third kappa shape index (κ3) is 4.50. The molecular formula is C20H25Li. The second-order valence-electron chi connectivity index (χ2n) is 7.57. The molecule has 0 amide bonds. The van der Waals surface area contributed by atoms with Crippen LogP contribution in [0.4, 0.5) is 0 Å². The Kier molecular flexibility index (Phi) is 5.54. The topological polar surface area (TPSA) is 0 Å². The number of hydrogen-bond acceptors (Lipinski definition) is 0. The standard InChI is InChI=1S/C20H25.Li/c1-19(2,3)17-11-7-15(8-12-17)16-9-13-18(14-10-16)20(4,5)6;/h7-13H,1-6H3;/q-1;+1. The fraction of sp³-hybridized carbons (Fsp3) is 0.400. The molecule has 0 unspecified atom stereocenters. The summed E-state index contributed by atoms with van der Waals surface area (Å²) in [6.45, 7) is 13.4. The number of benzene rings is 2. The smallest absolute Gasteiger partial charge is 0.179 e. The van der Waals surface area contributed by atoms with Crippen LogP contribution in [-0.2, 0) is 10.8 Å². The molecule has 0 atom stereocenters. The van der Waals surface area contributed by atoms with Crippen LogP contribution in [0, 0.1) is 6.07 Å². The molecule has 0 aromatic heterocycles. The molecule has 1 heteroatoms. The maximum atomic E-state index is 3.42. The van der Waals surface area contributed by atoms with Gasteiger partial charge in [0, 0.05) is 0 Å². The van der Waals surface area contributed by atoms with Crippen molar-refractivity contribution in [1.29, 1.82) is 0 Å². The Morgan fingerprint density at radius 2 is 1.19 bits per heavy atom. The maximum absolute atomic E-state index is 3.42. The van der Waals surface area contributed by atoms with Gasteiger partial charge in [-0.05, 0) is 16.4 Å². The fourth-order valence-electron chi connectivity index (χ4n) is 2.23. The van der Waals surface area contributed by atoms with Crippen molar-refractivity contribution < 1.29 is 18.9 Å². The molecule has 2 rings (SSSR count). The van der Waals surface area contributed by atoms with Crippen LogP contribution in [0.15, 0.2) is 42.5 Å². The minimum atomic E-state index is 0. The second-order valence-corrected chi connectivity index (χ2v) is 7.57. The van der Waals surface area contributed by atoms with Gasteiger partial charge in [0.25, 0.3) is 0 Å². The SMILES string of the molecule is CC(C)(C)c1[c-]cc(-c2ccc(C(C)(C)C)cc2)cc1.[Li+].